The minimum Gasteiger partial charge on any atom is -0.373 e. The number of nitrogens with zero attached hydrogens (tertiary/aromatic N) is 3. The third-order valence-corrected chi connectivity index (χ3v) is 3.35. The fourth-order valence-corrected chi connectivity index (χ4v) is 2.24. The lowest BCUT2D eigenvalue weighted by Gasteiger charge is -2.32. The number of rotatable bonds is 3. The average Bonchev–Trinajstić information content (AvgIpc) is 2.38. The molecular formula is C12H21N5. The molecule has 2 heterocycles. The number of hydrogen-bond acceptors (Lipinski definition) is 5. The van der Waals surface area contributed by atoms with Crippen molar-refractivity contribution in [3.63, 3.8) is 0 Å². The Bertz CT molecular complexity index is 371. The van der Waals surface area contributed by atoms with Gasteiger partial charge in [-0.15, -0.1) is 0 Å². The molecule has 3 N–H and O–H groups in total. The minimum atomic E-state index is 0.679. The summed E-state index contributed by atoms with van der Waals surface area (Å²) in [6.07, 6.45) is 2.32. The average molecular weight is 235 g/mol. The molecule has 1 aliphatic rings. The molecule has 2 rings (SSSR count). The maximum atomic E-state index is 5.70. The van der Waals surface area contributed by atoms with Crippen LogP contribution in [0.1, 0.15) is 18.7 Å². The van der Waals surface area contributed by atoms with Gasteiger partial charge in [-0.3, -0.25) is 0 Å². The largest absolute Gasteiger partial charge is 0.373 e. The first kappa shape index (κ1) is 12.1. The molecular weight excluding hydrogens is 214 g/mol. The van der Waals surface area contributed by atoms with Crippen molar-refractivity contribution in [3.8, 4) is 0 Å². The zero-order valence-electron chi connectivity index (χ0n) is 10.6. The highest BCUT2D eigenvalue weighted by atomic mass is 15.2. The van der Waals surface area contributed by atoms with E-state index in [0.717, 1.165) is 49.9 Å². The van der Waals surface area contributed by atoms with Gasteiger partial charge in [0.25, 0.3) is 0 Å². The first-order valence-corrected chi connectivity index (χ1v) is 6.21. The van der Waals surface area contributed by atoms with Crippen molar-refractivity contribution in [2.75, 3.05) is 36.9 Å². The van der Waals surface area contributed by atoms with E-state index in [4.69, 9.17) is 5.73 Å². The summed E-state index contributed by atoms with van der Waals surface area (Å²) in [6, 6.07) is 2.01. The van der Waals surface area contributed by atoms with Crippen LogP contribution in [-0.2, 0) is 0 Å². The molecule has 1 aliphatic heterocycles. The maximum absolute atomic E-state index is 5.70. The SMILES string of the molecule is CNc1cc(N2CCC(CN)CC2)nc(C)n1. The maximum Gasteiger partial charge on any atom is 0.134 e. The summed E-state index contributed by atoms with van der Waals surface area (Å²) in [6.45, 7) is 4.82. The highest BCUT2D eigenvalue weighted by Crippen LogP contribution is 2.22. The number of nitrogens with two attached hydrogens (primary N) is 1. The second-order valence-electron chi connectivity index (χ2n) is 4.57. The normalized spacial score (nSPS) is 17.2. The van der Waals surface area contributed by atoms with Crippen LogP contribution in [0.3, 0.4) is 0 Å². The van der Waals surface area contributed by atoms with Crippen LogP contribution in [0.4, 0.5) is 11.6 Å². The quantitative estimate of drug-likeness (QED) is 0.818. The minimum absolute atomic E-state index is 0.679. The lowest BCUT2D eigenvalue weighted by atomic mass is 9.97. The van der Waals surface area contributed by atoms with Crippen LogP contribution in [0, 0.1) is 12.8 Å². The van der Waals surface area contributed by atoms with Crippen molar-refractivity contribution in [1.29, 1.82) is 0 Å². The topological polar surface area (TPSA) is 67.1 Å². The standard InChI is InChI=1S/C12H21N5/c1-9-15-11(14-2)7-12(16-9)17-5-3-10(8-13)4-6-17/h7,10H,3-6,8,13H2,1-2H3,(H,14,15,16). The second kappa shape index (κ2) is 5.31. The van der Waals surface area contributed by atoms with E-state index < -0.39 is 0 Å². The van der Waals surface area contributed by atoms with Gasteiger partial charge in [0.2, 0.25) is 0 Å². The van der Waals surface area contributed by atoms with Gasteiger partial charge in [-0.1, -0.05) is 0 Å². The van der Waals surface area contributed by atoms with E-state index in [2.05, 4.69) is 20.2 Å². The summed E-state index contributed by atoms with van der Waals surface area (Å²) in [5.41, 5.74) is 5.70. The molecule has 5 nitrogen and oxygen atoms in total. The van der Waals surface area contributed by atoms with Crippen LogP contribution in [0.25, 0.3) is 0 Å². The zero-order valence-corrected chi connectivity index (χ0v) is 10.6. The monoisotopic (exact) mass is 235 g/mol. The van der Waals surface area contributed by atoms with Crippen LogP contribution >= 0.6 is 0 Å². The molecule has 1 aromatic heterocycles. The van der Waals surface area contributed by atoms with Crippen molar-refractivity contribution >= 4 is 11.6 Å². The van der Waals surface area contributed by atoms with Crippen molar-refractivity contribution in [3.05, 3.63) is 11.9 Å². The number of aryl methyl sites for hydroxylation is 1. The van der Waals surface area contributed by atoms with E-state index >= 15 is 0 Å². The Morgan fingerprint density at radius 1 is 1.41 bits per heavy atom. The van der Waals surface area contributed by atoms with Gasteiger partial charge in [-0.05, 0) is 32.2 Å². The molecule has 0 bridgehead atoms. The fourth-order valence-electron chi connectivity index (χ4n) is 2.24. The summed E-state index contributed by atoms with van der Waals surface area (Å²) < 4.78 is 0. The van der Waals surface area contributed by atoms with Gasteiger partial charge in [-0.2, -0.15) is 0 Å². The molecule has 1 fully saturated rings. The van der Waals surface area contributed by atoms with Gasteiger partial charge in [0.1, 0.15) is 17.5 Å². The molecule has 0 radical (unpaired) electrons. The van der Waals surface area contributed by atoms with Crippen molar-refractivity contribution in [1.82, 2.24) is 9.97 Å². The lowest BCUT2D eigenvalue weighted by Crippen LogP contribution is -2.36. The summed E-state index contributed by atoms with van der Waals surface area (Å²) in [5, 5.41) is 3.07. The molecule has 94 valence electrons. The van der Waals surface area contributed by atoms with Crippen LogP contribution in [0.15, 0.2) is 6.07 Å². The highest BCUT2D eigenvalue weighted by molar-refractivity contribution is 5.49. The molecule has 1 saturated heterocycles. The van der Waals surface area contributed by atoms with Crippen LogP contribution in [-0.4, -0.2) is 36.6 Å². The molecule has 0 aromatic carbocycles. The predicted molar refractivity (Wildman–Crippen MR) is 70.3 cm³/mol. The molecule has 0 spiro atoms. The molecule has 5 heteroatoms. The van der Waals surface area contributed by atoms with Crippen LogP contribution in [0.5, 0.6) is 0 Å². The second-order valence-corrected chi connectivity index (χ2v) is 4.57. The third kappa shape index (κ3) is 2.85. The molecule has 0 aliphatic carbocycles. The molecule has 0 atom stereocenters. The van der Waals surface area contributed by atoms with Gasteiger partial charge < -0.3 is 16.0 Å². The number of hydrogen-bond donors (Lipinski definition) is 2. The number of nitrogens with one attached hydrogen (secondary N) is 1. The van der Waals surface area contributed by atoms with Gasteiger partial charge in [0, 0.05) is 26.2 Å². The Balaban J connectivity index is 2.10. The van der Waals surface area contributed by atoms with Crippen molar-refractivity contribution in [2.45, 2.75) is 19.8 Å². The first-order valence-electron chi connectivity index (χ1n) is 6.21. The van der Waals surface area contributed by atoms with E-state index in [9.17, 15) is 0 Å². The molecule has 0 amide bonds. The Kier molecular flexibility index (Phi) is 3.78. The van der Waals surface area contributed by atoms with E-state index in [1.54, 1.807) is 0 Å². The number of anilines is 2. The first-order chi connectivity index (χ1) is 8.22. The molecule has 0 unspecified atom stereocenters. The fraction of sp³-hybridized carbons (Fsp3) is 0.667. The highest BCUT2D eigenvalue weighted by Gasteiger charge is 2.19. The van der Waals surface area contributed by atoms with E-state index in [1.165, 1.54) is 0 Å². The van der Waals surface area contributed by atoms with Crippen LogP contribution < -0.4 is 16.0 Å². The van der Waals surface area contributed by atoms with E-state index in [1.807, 2.05) is 20.0 Å². The lowest BCUT2D eigenvalue weighted by molar-refractivity contribution is 0.413. The van der Waals surface area contributed by atoms with Crippen LogP contribution in [0.2, 0.25) is 0 Å². The zero-order chi connectivity index (χ0) is 12.3. The van der Waals surface area contributed by atoms with Crippen molar-refractivity contribution < 1.29 is 0 Å². The summed E-state index contributed by atoms with van der Waals surface area (Å²) >= 11 is 0. The van der Waals surface area contributed by atoms with Gasteiger partial charge in [-0.25, -0.2) is 9.97 Å². The molecule has 0 saturated carbocycles. The van der Waals surface area contributed by atoms with Crippen molar-refractivity contribution in [2.24, 2.45) is 11.7 Å². The van der Waals surface area contributed by atoms with Gasteiger partial charge in [0.15, 0.2) is 0 Å². The van der Waals surface area contributed by atoms with E-state index in [-0.39, 0.29) is 0 Å². The Morgan fingerprint density at radius 2 is 2.12 bits per heavy atom. The number of piperidine rings is 1. The Hall–Kier alpha value is -1.36. The Morgan fingerprint density at radius 3 is 2.71 bits per heavy atom. The van der Waals surface area contributed by atoms with E-state index in [0.29, 0.717) is 5.92 Å². The summed E-state index contributed by atoms with van der Waals surface area (Å²) in [7, 11) is 1.88. The molecule has 17 heavy (non-hydrogen) atoms. The number of aromatic nitrogens is 2. The Labute approximate surface area is 102 Å². The molecule has 1 aromatic rings. The predicted octanol–water partition coefficient (Wildman–Crippen LogP) is 1.00. The smallest absolute Gasteiger partial charge is 0.134 e. The van der Waals surface area contributed by atoms with Gasteiger partial charge in [0.05, 0.1) is 0 Å². The summed E-state index contributed by atoms with van der Waals surface area (Å²) in [5.74, 6) is 3.40. The summed E-state index contributed by atoms with van der Waals surface area (Å²) in [4.78, 5) is 11.1. The van der Waals surface area contributed by atoms with Gasteiger partial charge >= 0.3 is 0 Å². The third-order valence-electron chi connectivity index (χ3n) is 3.35.